The predicted molar refractivity (Wildman–Crippen MR) is 464 cm³/mol. The minimum absolute atomic E-state index is 0.00792. The molecule has 1 spiro atoms. The third-order valence-corrected chi connectivity index (χ3v) is 34.3. The monoisotopic (exact) mass is 1680 g/mol. The van der Waals surface area contributed by atoms with E-state index < -0.39 is 136 Å². The van der Waals surface area contributed by atoms with Crippen molar-refractivity contribution in [2.75, 3.05) is 13.2 Å². The molecule has 20 nitrogen and oxygen atoms in total. The Labute approximate surface area is 719 Å². The van der Waals surface area contributed by atoms with Crippen LogP contribution >= 0.6 is 0 Å². The Morgan fingerprint density at radius 1 is 0.529 bits per heavy atom. The van der Waals surface area contributed by atoms with E-state index in [2.05, 4.69) is 167 Å². The lowest BCUT2D eigenvalue weighted by Crippen LogP contribution is -2.64. The summed E-state index contributed by atoms with van der Waals surface area (Å²) in [4.78, 5) is 0. The van der Waals surface area contributed by atoms with Gasteiger partial charge in [-0.3, -0.25) is 0 Å². The van der Waals surface area contributed by atoms with Crippen molar-refractivity contribution in [3.8, 4) is 11.8 Å². The van der Waals surface area contributed by atoms with Gasteiger partial charge in [-0.05, 0) is 121 Å². The Hall–Kier alpha value is -5.44. The van der Waals surface area contributed by atoms with Gasteiger partial charge < -0.3 is 95.5 Å². The van der Waals surface area contributed by atoms with Crippen LogP contribution < -0.4 is 0 Å². The fourth-order valence-corrected chi connectivity index (χ4v) is 27.3. The van der Waals surface area contributed by atoms with Crippen LogP contribution in [0.5, 0.6) is 0 Å². The zero-order valence-electron chi connectivity index (χ0n) is 73.6. The summed E-state index contributed by atoms with van der Waals surface area (Å²) in [5.74, 6) is 5.21. The molecule has 8 saturated heterocycles. The second-order valence-corrected chi connectivity index (χ2v) is 43.0. The molecule has 5 aromatic carbocycles. The minimum Gasteiger partial charge on any atom is -0.410 e. The molecule has 32 atom stereocenters. The topological polar surface area (TPSA) is 218 Å². The average molecular weight is 1690 g/mol. The lowest BCUT2D eigenvalue weighted by molar-refractivity contribution is -0.338. The molecule has 21 heteroatoms. The van der Waals surface area contributed by atoms with Crippen molar-refractivity contribution in [2.24, 2.45) is 23.7 Å². The van der Waals surface area contributed by atoms with E-state index in [1.807, 2.05) is 106 Å². The molecule has 10 aliphatic heterocycles. The van der Waals surface area contributed by atoms with Gasteiger partial charge in [0.25, 0.3) is 0 Å². The number of aliphatic hydroxyl groups excluding tert-OH is 3. The summed E-state index contributed by atoms with van der Waals surface area (Å²) in [5.41, 5.74) is 3.82. The normalized spacial score (nSPS) is 37.7. The molecular formula is C100H136O20Si. The highest BCUT2D eigenvalue weighted by Gasteiger charge is 2.64. The maximum Gasteiger partial charge on any atom is 0.200 e. The highest BCUT2D eigenvalue weighted by Crippen LogP contribution is 2.55. The van der Waals surface area contributed by atoms with Crippen molar-refractivity contribution < 1.29 is 95.5 Å². The quantitative estimate of drug-likeness (QED) is 0.0183. The molecule has 0 aromatic heterocycles. The van der Waals surface area contributed by atoms with E-state index in [1.165, 1.54) is 10.8 Å². The molecule has 2 unspecified atom stereocenters. The molecule has 10 aliphatic rings. The SMILES string of the molecule is CCOC(C)O[C@H]1C=C[C@H]2O[C@H]3C[C@H]4O[C@@H](C[C@H](C)OCc5ccc6ccccc6c5)[C@H](OCc5ccccc5)[C@@H](OCc5ccccc5)[C@@H]4O[C@@H]3C=C[C@@H]2O[C@@H]1C/C=C\C#CC(O)C[C@@H](OCc1ccccc1)[C@]1(C)O[C@@H]2C[C@H](C)C[C@@H]3O[C@@H]4[C@@H](C)[C@H](O[Si](C(C)C)(C(C)C)C(C)C)[C@@H]5O[C@]6(C[C@H](O)CO6)[C@@H](C)[C@H](C)[C@H]5O[C@H]4C[C@H]3O[C@H]2C[C@H]1O. The molecule has 8 fully saturated rings. The molecule has 0 aliphatic carbocycles. The Morgan fingerprint density at radius 3 is 1.82 bits per heavy atom. The Balaban J connectivity index is 0.625. The van der Waals surface area contributed by atoms with Gasteiger partial charge in [-0.1, -0.05) is 239 Å². The maximum atomic E-state index is 12.8. The number of hydrogen-bond acceptors (Lipinski definition) is 20. The van der Waals surface area contributed by atoms with Crippen LogP contribution in [-0.4, -0.2) is 207 Å². The van der Waals surface area contributed by atoms with Gasteiger partial charge in [0.2, 0.25) is 8.32 Å². The van der Waals surface area contributed by atoms with Crippen LogP contribution in [-0.2, 0) is 107 Å². The molecular weight excluding hydrogens is 1550 g/mol. The fraction of sp³-hybridized carbons (Fsp3) is 0.640. The van der Waals surface area contributed by atoms with Gasteiger partial charge in [-0.25, -0.2) is 0 Å². The first kappa shape index (κ1) is 90.3. The van der Waals surface area contributed by atoms with Gasteiger partial charge in [-0.2, -0.15) is 0 Å². The molecule has 0 bridgehead atoms. The van der Waals surface area contributed by atoms with Crippen LogP contribution in [0.1, 0.15) is 177 Å². The first-order valence-corrected chi connectivity index (χ1v) is 47.6. The molecule has 121 heavy (non-hydrogen) atoms. The fourth-order valence-electron chi connectivity index (χ4n) is 21.7. The van der Waals surface area contributed by atoms with Crippen LogP contribution in [0.3, 0.4) is 0 Å². The van der Waals surface area contributed by atoms with Crippen LogP contribution in [0.15, 0.2) is 170 Å². The van der Waals surface area contributed by atoms with Crippen molar-refractivity contribution in [1.29, 1.82) is 0 Å². The standard InChI is InChI=1S/C100H136O20Si/c1-15-104-68(13)110-78-42-43-80-79(44-45-81-83(112-80)51-89-96(115-81)97(108-57-71-34-24-18-25-35-71)95(107-56-70-32-22-17-23-33-70)87(114-89)48-64(9)105-58-72-40-41-73-36-28-29-37-74(73)49-72)111-77(78)39-27-19-26-38-75(101)50-91(106-55-69-30-20-16-21-31-69)99(14)90(103)53-85-86(118-99)47-63(8)46-82-84(113-85)52-88-92(116-82)66(11)94(120-121(60(2)3,61(4)5)62(6)7)98-93(117-88)65(10)67(12)100(119-98)54-76(102)59-109-100/h16-25,27-37,40-45,49,60-68,75-98,101-103H,15,39,46-48,50-59H2,1-14H3/b27-19-/t63-,64+,65+,66-,67+,68?,75?,76+,77-,78+,79+,80-,81-,82+,83+,84-,85+,86-,87+,88+,89-,90-,91-,92-,93-,94+,95+,96-,97-,98-,99-,100-/m1/s1. The zero-order valence-corrected chi connectivity index (χ0v) is 74.6. The number of fused-ring (bicyclic) bond motifs is 8. The second-order valence-electron chi connectivity index (χ2n) is 37.6. The number of rotatable bonds is 28. The van der Waals surface area contributed by atoms with Crippen LogP contribution in [0.2, 0.25) is 16.6 Å². The number of aliphatic hydroxyl groups is 3. The van der Waals surface area contributed by atoms with Gasteiger partial charge in [-0.15, -0.1) is 0 Å². The number of benzene rings is 5. The van der Waals surface area contributed by atoms with E-state index in [4.69, 9.17) is 80.2 Å². The number of ether oxygens (including phenoxy) is 16. The Morgan fingerprint density at radius 2 is 1.13 bits per heavy atom. The van der Waals surface area contributed by atoms with Gasteiger partial charge in [0.05, 0.1) is 131 Å². The lowest BCUT2D eigenvalue weighted by atomic mass is 9.75. The summed E-state index contributed by atoms with van der Waals surface area (Å²) in [6.07, 6.45) is 2.81. The molecule has 660 valence electrons. The molecule has 0 amide bonds. The molecule has 15 rings (SSSR count). The van der Waals surface area contributed by atoms with Crippen LogP contribution in [0.25, 0.3) is 10.8 Å². The van der Waals surface area contributed by atoms with E-state index in [0.29, 0.717) is 81.6 Å². The smallest absolute Gasteiger partial charge is 0.200 e. The van der Waals surface area contributed by atoms with Crippen molar-refractivity contribution in [1.82, 2.24) is 0 Å². The van der Waals surface area contributed by atoms with E-state index in [-0.39, 0.29) is 92.5 Å². The third-order valence-electron chi connectivity index (χ3n) is 28.2. The summed E-state index contributed by atoms with van der Waals surface area (Å²) in [5, 5.41) is 38.3. The van der Waals surface area contributed by atoms with Crippen molar-refractivity contribution >= 4 is 19.1 Å². The van der Waals surface area contributed by atoms with Gasteiger partial charge >= 0.3 is 0 Å². The van der Waals surface area contributed by atoms with E-state index in [1.54, 1.807) is 6.08 Å². The van der Waals surface area contributed by atoms with E-state index in [0.717, 1.165) is 28.7 Å². The third kappa shape index (κ3) is 20.6. The number of hydrogen-bond donors (Lipinski definition) is 3. The first-order valence-electron chi connectivity index (χ1n) is 45.5. The Kier molecular flexibility index (Phi) is 30.1. The first-order chi connectivity index (χ1) is 58.3. The molecule has 10 heterocycles. The second kappa shape index (κ2) is 40.3. The summed E-state index contributed by atoms with van der Waals surface area (Å²) in [6, 6.07) is 45.2. The molecule has 5 aromatic rings. The van der Waals surface area contributed by atoms with Crippen molar-refractivity contribution in [2.45, 2.75) is 368 Å². The van der Waals surface area contributed by atoms with Crippen molar-refractivity contribution in [3.05, 3.63) is 192 Å². The van der Waals surface area contributed by atoms with Gasteiger partial charge in [0.15, 0.2) is 12.1 Å². The Bertz CT molecular complexity index is 4230. The van der Waals surface area contributed by atoms with Gasteiger partial charge in [0, 0.05) is 57.0 Å². The largest absolute Gasteiger partial charge is 0.410 e. The lowest BCUT2D eigenvalue weighted by Gasteiger charge is -2.53. The molecule has 3 N–H and O–H groups in total. The maximum absolute atomic E-state index is 12.8. The average Bonchev–Trinajstić information content (AvgIpc) is 1.61. The van der Waals surface area contributed by atoms with Crippen LogP contribution in [0.4, 0.5) is 0 Å². The molecule has 0 saturated carbocycles. The summed E-state index contributed by atoms with van der Waals surface area (Å²) >= 11 is 0. The highest BCUT2D eigenvalue weighted by atomic mass is 28.4. The van der Waals surface area contributed by atoms with Crippen molar-refractivity contribution in [3.63, 3.8) is 0 Å². The number of allylic oxidation sites excluding steroid dienone is 1. The molecule has 0 radical (unpaired) electrons. The van der Waals surface area contributed by atoms with E-state index in [9.17, 15) is 15.3 Å². The predicted octanol–water partition coefficient (Wildman–Crippen LogP) is 16.3. The van der Waals surface area contributed by atoms with E-state index >= 15 is 0 Å². The van der Waals surface area contributed by atoms with Gasteiger partial charge in [0.1, 0.15) is 60.5 Å². The summed E-state index contributed by atoms with van der Waals surface area (Å²) < 4.78 is 121. The van der Waals surface area contributed by atoms with Crippen LogP contribution in [0, 0.1) is 35.5 Å². The summed E-state index contributed by atoms with van der Waals surface area (Å²) in [7, 11) is -2.52. The zero-order chi connectivity index (χ0) is 84.9. The highest BCUT2D eigenvalue weighted by molar-refractivity contribution is 6.77. The summed E-state index contributed by atoms with van der Waals surface area (Å²) in [6.45, 7) is 32.8. The minimum atomic E-state index is -2.52.